The second-order valence-corrected chi connectivity index (χ2v) is 6.85. The minimum Gasteiger partial charge on any atom is -0.316 e. The fourth-order valence-electron chi connectivity index (χ4n) is 1.44. The van der Waals surface area contributed by atoms with Gasteiger partial charge in [0.25, 0.3) is 0 Å². The molecule has 0 aromatic carbocycles. The van der Waals surface area contributed by atoms with E-state index in [-0.39, 0.29) is 0 Å². The van der Waals surface area contributed by atoms with Gasteiger partial charge >= 0.3 is 0 Å². The molecule has 1 aliphatic heterocycles. The van der Waals surface area contributed by atoms with Crippen LogP contribution in [0.15, 0.2) is 15.9 Å². The molecule has 1 aromatic rings. The summed E-state index contributed by atoms with van der Waals surface area (Å²) in [4.78, 5) is 1.51. The number of nitrogens with one attached hydrogen (secondary N) is 1. The first-order valence-electron chi connectivity index (χ1n) is 4.44. The molecular formula is C9H12BrNS2. The lowest BCUT2D eigenvalue weighted by Gasteiger charge is -2.09. The molecule has 1 N–H and O–H groups in total. The van der Waals surface area contributed by atoms with Crippen LogP contribution in [0.5, 0.6) is 0 Å². The van der Waals surface area contributed by atoms with Crippen molar-refractivity contribution in [2.45, 2.75) is 11.7 Å². The molecule has 1 aromatic heterocycles. The number of halogens is 1. The first-order valence-corrected chi connectivity index (χ1v) is 7.09. The monoisotopic (exact) mass is 277 g/mol. The zero-order chi connectivity index (χ0) is 9.10. The Bertz CT molecular complexity index is 266. The van der Waals surface area contributed by atoms with Crippen LogP contribution in [0.25, 0.3) is 0 Å². The van der Waals surface area contributed by atoms with Gasteiger partial charge in [-0.15, -0.1) is 11.3 Å². The highest BCUT2D eigenvalue weighted by atomic mass is 79.9. The average molecular weight is 278 g/mol. The van der Waals surface area contributed by atoms with Crippen molar-refractivity contribution in [1.82, 2.24) is 5.32 Å². The van der Waals surface area contributed by atoms with Crippen molar-refractivity contribution in [3.8, 4) is 0 Å². The zero-order valence-corrected chi connectivity index (χ0v) is 10.5. The first-order chi connectivity index (χ1) is 6.36. The van der Waals surface area contributed by atoms with E-state index < -0.39 is 0 Å². The van der Waals surface area contributed by atoms with Crippen LogP contribution in [0.2, 0.25) is 0 Å². The molecule has 1 saturated heterocycles. The van der Waals surface area contributed by atoms with Crippen molar-refractivity contribution < 1.29 is 0 Å². The van der Waals surface area contributed by atoms with E-state index in [4.69, 9.17) is 0 Å². The number of hydrogen-bond donors (Lipinski definition) is 1. The maximum absolute atomic E-state index is 3.51. The Kier molecular flexibility index (Phi) is 3.72. The van der Waals surface area contributed by atoms with E-state index in [0.29, 0.717) is 5.25 Å². The van der Waals surface area contributed by atoms with Gasteiger partial charge in [0.05, 0.1) is 3.79 Å². The summed E-state index contributed by atoms with van der Waals surface area (Å²) in [6, 6.07) is 4.40. The van der Waals surface area contributed by atoms with E-state index in [2.05, 4.69) is 45.1 Å². The second kappa shape index (κ2) is 4.82. The van der Waals surface area contributed by atoms with Gasteiger partial charge in [0.15, 0.2) is 0 Å². The van der Waals surface area contributed by atoms with Crippen molar-refractivity contribution in [2.75, 3.05) is 18.8 Å². The van der Waals surface area contributed by atoms with Crippen molar-refractivity contribution in [1.29, 1.82) is 0 Å². The lowest BCUT2D eigenvalue weighted by Crippen LogP contribution is -2.15. The topological polar surface area (TPSA) is 12.0 Å². The van der Waals surface area contributed by atoms with Gasteiger partial charge in [-0.05, 0) is 41.0 Å². The Morgan fingerprint density at radius 3 is 3.08 bits per heavy atom. The molecule has 0 bridgehead atoms. The highest BCUT2D eigenvalue weighted by Crippen LogP contribution is 2.38. The Hall–Kier alpha value is 0.490. The van der Waals surface area contributed by atoms with Crippen molar-refractivity contribution in [3.05, 3.63) is 20.8 Å². The molecule has 0 aliphatic carbocycles. The normalized spacial score (nSPS) is 24.2. The Labute approximate surface area is 95.4 Å². The largest absolute Gasteiger partial charge is 0.316 e. The average Bonchev–Trinajstić information content (AvgIpc) is 2.43. The Balaban J connectivity index is 2.06. The molecule has 0 spiro atoms. The van der Waals surface area contributed by atoms with Crippen LogP contribution in [-0.2, 0) is 0 Å². The van der Waals surface area contributed by atoms with Crippen molar-refractivity contribution in [3.63, 3.8) is 0 Å². The molecule has 0 amide bonds. The van der Waals surface area contributed by atoms with Crippen LogP contribution in [0.3, 0.4) is 0 Å². The molecule has 1 aliphatic rings. The van der Waals surface area contributed by atoms with Crippen LogP contribution in [0.1, 0.15) is 16.5 Å². The third kappa shape index (κ3) is 2.72. The lowest BCUT2D eigenvalue weighted by atomic mass is 10.2. The predicted octanol–water partition coefficient (Wildman–Crippen LogP) is 3.28. The van der Waals surface area contributed by atoms with Crippen LogP contribution in [-0.4, -0.2) is 18.8 Å². The summed E-state index contributed by atoms with van der Waals surface area (Å²) in [6.07, 6.45) is 1.26. The fraction of sp³-hybridized carbons (Fsp3) is 0.556. The minimum absolute atomic E-state index is 0.714. The van der Waals surface area contributed by atoms with Crippen LogP contribution >= 0.6 is 39.0 Å². The van der Waals surface area contributed by atoms with Crippen molar-refractivity contribution in [2.24, 2.45) is 0 Å². The van der Waals surface area contributed by atoms with E-state index in [9.17, 15) is 0 Å². The summed E-state index contributed by atoms with van der Waals surface area (Å²) in [5.41, 5.74) is 0. The minimum atomic E-state index is 0.714. The fourth-order valence-corrected chi connectivity index (χ4v) is 4.30. The summed E-state index contributed by atoms with van der Waals surface area (Å²) >= 11 is 7.46. The van der Waals surface area contributed by atoms with E-state index in [1.54, 1.807) is 0 Å². The summed E-state index contributed by atoms with van der Waals surface area (Å²) in [6.45, 7) is 2.32. The maximum atomic E-state index is 3.51. The smallest absolute Gasteiger partial charge is 0.0701 e. The van der Waals surface area contributed by atoms with Crippen LogP contribution < -0.4 is 5.32 Å². The molecule has 13 heavy (non-hydrogen) atoms. The van der Waals surface area contributed by atoms with Crippen molar-refractivity contribution >= 4 is 39.0 Å². The SMILES string of the molecule is Brc1ccc(C2CCNCCS2)s1. The summed E-state index contributed by atoms with van der Waals surface area (Å²) < 4.78 is 1.25. The molecule has 1 unspecified atom stereocenters. The zero-order valence-electron chi connectivity index (χ0n) is 7.25. The van der Waals surface area contributed by atoms with Crippen LogP contribution in [0, 0.1) is 0 Å². The summed E-state index contributed by atoms with van der Waals surface area (Å²) in [7, 11) is 0. The van der Waals surface area contributed by atoms with Crippen LogP contribution in [0.4, 0.5) is 0 Å². The quantitative estimate of drug-likeness (QED) is 0.846. The lowest BCUT2D eigenvalue weighted by molar-refractivity contribution is 0.690. The third-order valence-electron chi connectivity index (χ3n) is 2.09. The van der Waals surface area contributed by atoms with Gasteiger partial charge in [-0.2, -0.15) is 11.8 Å². The molecule has 2 rings (SSSR count). The second-order valence-electron chi connectivity index (χ2n) is 3.04. The Morgan fingerprint density at radius 1 is 1.38 bits per heavy atom. The molecule has 1 fully saturated rings. The molecule has 0 radical (unpaired) electrons. The van der Waals surface area contributed by atoms with Gasteiger partial charge in [0, 0.05) is 22.4 Å². The highest BCUT2D eigenvalue weighted by molar-refractivity contribution is 9.11. The molecule has 1 atom stereocenters. The van der Waals surface area contributed by atoms with Gasteiger partial charge < -0.3 is 5.32 Å². The summed E-state index contributed by atoms with van der Waals surface area (Å²) in [5.74, 6) is 1.24. The predicted molar refractivity (Wildman–Crippen MR) is 64.7 cm³/mol. The molecular weight excluding hydrogens is 266 g/mol. The number of rotatable bonds is 1. The van der Waals surface area contributed by atoms with Gasteiger partial charge in [-0.25, -0.2) is 0 Å². The standard InChI is InChI=1S/C9H12BrNS2/c10-9-2-1-8(13-9)7-3-4-11-5-6-12-7/h1-2,7,11H,3-6H2. The molecule has 1 nitrogen and oxygen atoms in total. The van der Waals surface area contributed by atoms with E-state index in [1.807, 2.05) is 11.3 Å². The van der Waals surface area contributed by atoms with Gasteiger partial charge in [-0.1, -0.05) is 0 Å². The summed E-state index contributed by atoms with van der Waals surface area (Å²) in [5, 5.41) is 4.14. The Morgan fingerprint density at radius 2 is 2.31 bits per heavy atom. The third-order valence-corrected chi connectivity index (χ3v) is 5.31. The van der Waals surface area contributed by atoms with E-state index in [1.165, 1.54) is 20.8 Å². The highest BCUT2D eigenvalue weighted by Gasteiger charge is 2.15. The molecule has 4 heteroatoms. The van der Waals surface area contributed by atoms with Gasteiger partial charge in [0.1, 0.15) is 0 Å². The molecule has 2 heterocycles. The van der Waals surface area contributed by atoms with E-state index >= 15 is 0 Å². The van der Waals surface area contributed by atoms with Gasteiger partial charge in [-0.3, -0.25) is 0 Å². The number of thiophene rings is 1. The maximum Gasteiger partial charge on any atom is 0.0701 e. The molecule has 0 saturated carbocycles. The number of hydrogen-bond acceptors (Lipinski definition) is 3. The van der Waals surface area contributed by atoms with Gasteiger partial charge in [0.2, 0.25) is 0 Å². The molecule has 72 valence electrons. The number of thioether (sulfide) groups is 1. The van der Waals surface area contributed by atoms with E-state index in [0.717, 1.165) is 13.1 Å². The first kappa shape index (κ1) is 10.0.